The average Bonchev–Trinajstić information content (AvgIpc) is 3.07. The van der Waals surface area contributed by atoms with E-state index in [1.165, 1.54) is 12.1 Å². The summed E-state index contributed by atoms with van der Waals surface area (Å²) in [5, 5.41) is 0. The van der Waals surface area contributed by atoms with Crippen molar-refractivity contribution < 1.29 is 9.13 Å². The second kappa shape index (κ2) is 6.89. The Kier molecular flexibility index (Phi) is 4.49. The van der Waals surface area contributed by atoms with Crippen LogP contribution < -0.4 is 4.74 Å². The molecule has 0 aliphatic rings. The highest BCUT2D eigenvalue weighted by molar-refractivity contribution is 5.24. The van der Waals surface area contributed by atoms with Gasteiger partial charge in [0, 0.05) is 25.4 Å². The Hall–Kier alpha value is -2.62. The van der Waals surface area contributed by atoms with E-state index in [1.54, 1.807) is 24.7 Å². The van der Waals surface area contributed by atoms with E-state index in [4.69, 9.17) is 4.74 Å². The van der Waals surface area contributed by atoms with Crippen molar-refractivity contribution in [2.75, 3.05) is 0 Å². The van der Waals surface area contributed by atoms with E-state index in [-0.39, 0.29) is 11.9 Å². The number of benzene rings is 2. The van der Waals surface area contributed by atoms with Crippen molar-refractivity contribution in [1.82, 2.24) is 9.55 Å². The third-order valence-corrected chi connectivity index (χ3v) is 3.47. The van der Waals surface area contributed by atoms with Crippen LogP contribution in [0.3, 0.4) is 0 Å². The zero-order chi connectivity index (χ0) is 15.2. The largest absolute Gasteiger partial charge is 0.486 e. The van der Waals surface area contributed by atoms with E-state index in [0.29, 0.717) is 0 Å². The lowest BCUT2D eigenvalue weighted by molar-refractivity contribution is 0.188. The van der Waals surface area contributed by atoms with Crippen molar-refractivity contribution >= 4 is 0 Å². The van der Waals surface area contributed by atoms with E-state index in [9.17, 15) is 4.39 Å². The number of hydrogen-bond donors (Lipinski definition) is 0. The molecule has 0 radical (unpaired) electrons. The number of aryl methyl sites for hydroxylation is 1. The summed E-state index contributed by atoms with van der Waals surface area (Å²) in [5.74, 6) is 0.569. The minimum atomic E-state index is -0.239. The maximum Gasteiger partial charge on any atom is 0.125 e. The molecule has 0 saturated carbocycles. The van der Waals surface area contributed by atoms with Crippen LogP contribution in [0.4, 0.5) is 4.39 Å². The van der Waals surface area contributed by atoms with E-state index >= 15 is 0 Å². The average molecular weight is 296 g/mol. The normalized spacial score (nSPS) is 12.0. The molecular weight excluding hydrogens is 279 g/mol. The number of ether oxygens (including phenoxy) is 1. The van der Waals surface area contributed by atoms with Crippen molar-refractivity contribution in [3.63, 3.8) is 0 Å². The van der Waals surface area contributed by atoms with Crippen molar-refractivity contribution in [1.29, 1.82) is 0 Å². The first-order valence-electron chi connectivity index (χ1n) is 7.24. The molecule has 1 aromatic heterocycles. The molecule has 0 spiro atoms. The Bertz CT molecular complexity index is 681. The van der Waals surface area contributed by atoms with Crippen LogP contribution in [0.1, 0.15) is 18.1 Å². The van der Waals surface area contributed by atoms with E-state index < -0.39 is 0 Å². The van der Waals surface area contributed by atoms with Gasteiger partial charge in [0.05, 0.1) is 6.33 Å². The fraction of sp³-hybridized carbons (Fsp3) is 0.167. The lowest BCUT2D eigenvalue weighted by Crippen LogP contribution is -2.11. The van der Waals surface area contributed by atoms with Crippen molar-refractivity contribution in [2.24, 2.45) is 0 Å². The summed E-state index contributed by atoms with van der Waals surface area (Å²) >= 11 is 0. The van der Waals surface area contributed by atoms with Crippen LogP contribution in [0.25, 0.3) is 0 Å². The summed E-state index contributed by atoms with van der Waals surface area (Å²) in [6, 6.07) is 16.2. The highest BCUT2D eigenvalue weighted by Gasteiger charge is 2.14. The minimum Gasteiger partial charge on any atom is -0.486 e. The first-order valence-corrected chi connectivity index (χ1v) is 7.24. The summed E-state index contributed by atoms with van der Waals surface area (Å²) < 4.78 is 21.2. The minimum absolute atomic E-state index is 0.134. The molecule has 0 aliphatic carbocycles. The smallest absolute Gasteiger partial charge is 0.125 e. The molecule has 3 aromatic rings. The number of rotatable bonds is 6. The number of hydrogen-bond acceptors (Lipinski definition) is 2. The second-order valence-corrected chi connectivity index (χ2v) is 5.06. The van der Waals surface area contributed by atoms with E-state index in [0.717, 1.165) is 24.3 Å². The van der Waals surface area contributed by atoms with Gasteiger partial charge in [0.1, 0.15) is 17.7 Å². The molecule has 1 atom stereocenters. The van der Waals surface area contributed by atoms with Crippen molar-refractivity contribution in [3.8, 4) is 5.75 Å². The molecule has 0 N–H and O–H groups in total. The zero-order valence-corrected chi connectivity index (χ0v) is 12.1. The van der Waals surface area contributed by atoms with E-state index in [2.05, 4.69) is 4.98 Å². The lowest BCUT2D eigenvalue weighted by atomic mass is 10.1. The number of imidazole rings is 1. The summed E-state index contributed by atoms with van der Waals surface area (Å²) in [6.45, 7) is 0.787. The highest BCUT2D eigenvalue weighted by atomic mass is 19.1. The third-order valence-electron chi connectivity index (χ3n) is 3.47. The Labute approximate surface area is 129 Å². The van der Waals surface area contributed by atoms with Gasteiger partial charge in [0.25, 0.3) is 0 Å². The van der Waals surface area contributed by atoms with Crippen LogP contribution in [0.5, 0.6) is 5.75 Å². The fourth-order valence-corrected chi connectivity index (χ4v) is 2.32. The van der Waals surface area contributed by atoms with Gasteiger partial charge in [-0.1, -0.05) is 30.3 Å². The monoisotopic (exact) mass is 296 g/mol. The van der Waals surface area contributed by atoms with Crippen molar-refractivity contribution in [3.05, 3.63) is 84.7 Å². The summed E-state index contributed by atoms with van der Waals surface area (Å²) in [6.07, 6.45) is 6.10. The van der Waals surface area contributed by atoms with Crippen LogP contribution in [0, 0.1) is 5.82 Å². The summed E-state index contributed by atoms with van der Waals surface area (Å²) in [4.78, 5) is 4.04. The molecule has 0 fully saturated rings. The molecular formula is C18H17FN2O. The van der Waals surface area contributed by atoms with Gasteiger partial charge in [-0.2, -0.15) is 0 Å². The van der Waals surface area contributed by atoms with Crippen LogP contribution >= 0.6 is 0 Å². The van der Waals surface area contributed by atoms with E-state index in [1.807, 2.05) is 41.1 Å². The Morgan fingerprint density at radius 1 is 1.05 bits per heavy atom. The van der Waals surface area contributed by atoms with Gasteiger partial charge in [-0.05, 0) is 29.8 Å². The van der Waals surface area contributed by atoms with Crippen molar-refractivity contribution in [2.45, 2.75) is 19.1 Å². The summed E-state index contributed by atoms with van der Waals surface area (Å²) in [7, 11) is 0. The number of nitrogens with zero attached hydrogens (tertiary/aromatic N) is 2. The molecule has 0 aliphatic heterocycles. The lowest BCUT2D eigenvalue weighted by Gasteiger charge is -2.20. The maximum atomic E-state index is 13.1. The summed E-state index contributed by atoms with van der Waals surface area (Å²) in [5.41, 5.74) is 0.963. The standard InChI is InChI=1S/C18H17FN2O/c19-16-8-6-15(7-9-16)18(10-12-21-13-11-20-14-21)22-17-4-2-1-3-5-17/h1-9,11,13-14,18H,10,12H2. The van der Waals surface area contributed by atoms with Crippen LogP contribution in [0.15, 0.2) is 73.3 Å². The van der Waals surface area contributed by atoms with Gasteiger partial charge >= 0.3 is 0 Å². The maximum absolute atomic E-state index is 13.1. The number of para-hydroxylation sites is 1. The zero-order valence-electron chi connectivity index (χ0n) is 12.1. The molecule has 112 valence electrons. The molecule has 0 bridgehead atoms. The molecule has 0 saturated heterocycles. The Morgan fingerprint density at radius 3 is 2.50 bits per heavy atom. The highest BCUT2D eigenvalue weighted by Crippen LogP contribution is 2.25. The second-order valence-electron chi connectivity index (χ2n) is 5.06. The van der Waals surface area contributed by atoms with Gasteiger partial charge in [-0.25, -0.2) is 9.37 Å². The van der Waals surface area contributed by atoms with Crippen LogP contribution in [-0.4, -0.2) is 9.55 Å². The first kappa shape index (κ1) is 14.3. The van der Waals surface area contributed by atoms with Gasteiger partial charge in [-0.15, -0.1) is 0 Å². The van der Waals surface area contributed by atoms with Gasteiger partial charge in [0.15, 0.2) is 0 Å². The molecule has 2 aromatic carbocycles. The number of halogens is 1. The predicted molar refractivity (Wildman–Crippen MR) is 83.1 cm³/mol. The Balaban J connectivity index is 1.76. The molecule has 3 nitrogen and oxygen atoms in total. The fourth-order valence-electron chi connectivity index (χ4n) is 2.32. The molecule has 3 rings (SSSR count). The molecule has 0 amide bonds. The SMILES string of the molecule is Fc1ccc(C(CCn2ccnc2)Oc2ccccc2)cc1. The third kappa shape index (κ3) is 3.73. The predicted octanol–water partition coefficient (Wildman–Crippen LogP) is 4.23. The quantitative estimate of drug-likeness (QED) is 0.680. The molecule has 4 heteroatoms. The van der Waals surface area contributed by atoms with Gasteiger partial charge < -0.3 is 9.30 Å². The Morgan fingerprint density at radius 2 is 1.82 bits per heavy atom. The topological polar surface area (TPSA) is 27.1 Å². The number of aromatic nitrogens is 2. The van der Waals surface area contributed by atoms with Crippen LogP contribution in [-0.2, 0) is 6.54 Å². The molecule has 22 heavy (non-hydrogen) atoms. The molecule has 1 heterocycles. The first-order chi connectivity index (χ1) is 10.8. The van der Waals surface area contributed by atoms with Crippen LogP contribution in [0.2, 0.25) is 0 Å². The van der Waals surface area contributed by atoms with Gasteiger partial charge in [0.2, 0.25) is 0 Å². The molecule has 1 unspecified atom stereocenters. The van der Waals surface area contributed by atoms with Gasteiger partial charge in [-0.3, -0.25) is 0 Å².